The van der Waals surface area contributed by atoms with Crippen LogP contribution in [0.4, 0.5) is 5.69 Å². The molecule has 0 spiro atoms. The molecule has 0 amide bonds. The average molecular weight is 207 g/mol. The summed E-state index contributed by atoms with van der Waals surface area (Å²) in [5.41, 5.74) is 2.13. The van der Waals surface area contributed by atoms with Crippen molar-refractivity contribution in [3.8, 4) is 0 Å². The Morgan fingerprint density at radius 3 is 3.00 bits per heavy atom. The molecule has 1 heterocycles. The van der Waals surface area contributed by atoms with Gasteiger partial charge in [-0.1, -0.05) is 0 Å². The number of aryl methyl sites for hydroxylation is 1. The molecule has 0 bridgehead atoms. The predicted molar refractivity (Wildman–Crippen MR) is 61.4 cm³/mol. The summed E-state index contributed by atoms with van der Waals surface area (Å²) >= 11 is 5.16. The van der Waals surface area contributed by atoms with Crippen LogP contribution in [0.15, 0.2) is 18.5 Å². The zero-order valence-corrected chi connectivity index (χ0v) is 8.90. The van der Waals surface area contributed by atoms with Crippen LogP contribution in [0.1, 0.15) is 18.4 Å². The quantitative estimate of drug-likeness (QED) is 0.726. The maximum Gasteiger partial charge on any atom is 0.171 e. The maximum atomic E-state index is 5.16. The zero-order chi connectivity index (χ0) is 9.97. The first kappa shape index (κ1) is 9.40. The van der Waals surface area contributed by atoms with Crippen LogP contribution in [0.3, 0.4) is 0 Å². The first-order valence-electron chi connectivity index (χ1n) is 4.74. The number of pyridine rings is 1. The van der Waals surface area contributed by atoms with Gasteiger partial charge in [0.15, 0.2) is 5.11 Å². The Kier molecular flexibility index (Phi) is 2.63. The molecule has 1 aromatic rings. The van der Waals surface area contributed by atoms with Crippen molar-refractivity contribution in [3.05, 3.63) is 24.0 Å². The minimum absolute atomic E-state index is 0.590. The van der Waals surface area contributed by atoms with Crippen LogP contribution in [-0.2, 0) is 0 Å². The summed E-state index contributed by atoms with van der Waals surface area (Å²) < 4.78 is 0. The lowest BCUT2D eigenvalue weighted by Gasteiger charge is -2.10. The van der Waals surface area contributed by atoms with Crippen molar-refractivity contribution in [1.82, 2.24) is 10.3 Å². The minimum Gasteiger partial charge on any atom is -0.360 e. The summed E-state index contributed by atoms with van der Waals surface area (Å²) in [4.78, 5) is 4.04. The molecule has 0 aliphatic heterocycles. The molecule has 0 unspecified atom stereocenters. The molecule has 4 heteroatoms. The predicted octanol–water partition coefficient (Wildman–Crippen LogP) is 1.84. The second kappa shape index (κ2) is 3.92. The molecular formula is C10H13N3S. The number of nitrogens with one attached hydrogen (secondary N) is 2. The minimum atomic E-state index is 0.590. The monoisotopic (exact) mass is 207 g/mol. The van der Waals surface area contributed by atoms with Crippen LogP contribution >= 0.6 is 12.2 Å². The summed E-state index contributed by atoms with van der Waals surface area (Å²) in [6, 6.07) is 2.55. The van der Waals surface area contributed by atoms with Crippen LogP contribution in [0.5, 0.6) is 0 Å². The highest BCUT2D eigenvalue weighted by Crippen LogP contribution is 2.19. The van der Waals surface area contributed by atoms with Crippen molar-refractivity contribution in [2.75, 3.05) is 5.32 Å². The Morgan fingerprint density at radius 2 is 2.36 bits per heavy atom. The number of thiocarbonyl (C=S) groups is 1. The van der Waals surface area contributed by atoms with E-state index in [1.807, 2.05) is 13.0 Å². The van der Waals surface area contributed by atoms with E-state index in [0.29, 0.717) is 11.2 Å². The van der Waals surface area contributed by atoms with Crippen LogP contribution < -0.4 is 10.6 Å². The number of anilines is 1. The highest BCUT2D eigenvalue weighted by molar-refractivity contribution is 7.80. The topological polar surface area (TPSA) is 37.0 Å². The number of hydrogen-bond acceptors (Lipinski definition) is 2. The molecule has 2 rings (SSSR count). The second-order valence-electron chi connectivity index (χ2n) is 3.56. The molecule has 1 aliphatic carbocycles. The first-order valence-corrected chi connectivity index (χ1v) is 5.14. The Bertz CT molecular complexity index is 347. The van der Waals surface area contributed by atoms with E-state index in [1.54, 1.807) is 12.4 Å². The van der Waals surface area contributed by atoms with Gasteiger partial charge in [0.25, 0.3) is 0 Å². The summed E-state index contributed by atoms with van der Waals surface area (Å²) in [5.74, 6) is 0. The van der Waals surface area contributed by atoms with Gasteiger partial charge in [-0.05, 0) is 43.6 Å². The molecule has 0 saturated heterocycles. The van der Waals surface area contributed by atoms with E-state index in [9.17, 15) is 0 Å². The molecule has 3 nitrogen and oxygen atoms in total. The number of rotatable bonds is 2. The van der Waals surface area contributed by atoms with E-state index >= 15 is 0 Å². The van der Waals surface area contributed by atoms with E-state index in [1.165, 1.54) is 12.8 Å². The fraction of sp³-hybridized carbons (Fsp3) is 0.400. The van der Waals surface area contributed by atoms with Crippen molar-refractivity contribution in [2.45, 2.75) is 25.8 Å². The van der Waals surface area contributed by atoms with Gasteiger partial charge in [0.05, 0.1) is 11.9 Å². The van der Waals surface area contributed by atoms with E-state index in [4.69, 9.17) is 12.2 Å². The summed E-state index contributed by atoms with van der Waals surface area (Å²) in [7, 11) is 0. The highest BCUT2D eigenvalue weighted by atomic mass is 32.1. The molecule has 74 valence electrons. The molecule has 1 fully saturated rings. The van der Waals surface area contributed by atoms with Crippen molar-refractivity contribution in [2.24, 2.45) is 0 Å². The average Bonchev–Trinajstić information content (AvgIpc) is 2.93. The lowest BCUT2D eigenvalue weighted by Crippen LogP contribution is -2.30. The van der Waals surface area contributed by atoms with Crippen LogP contribution in [0, 0.1) is 6.92 Å². The smallest absolute Gasteiger partial charge is 0.171 e. The van der Waals surface area contributed by atoms with Crippen molar-refractivity contribution >= 4 is 23.0 Å². The molecule has 1 aromatic heterocycles. The molecular weight excluding hydrogens is 194 g/mol. The van der Waals surface area contributed by atoms with E-state index in [-0.39, 0.29) is 0 Å². The van der Waals surface area contributed by atoms with Crippen LogP contribution in [0.2, 0.25) is 0 Å². The Labute approximate surface area is 88.9 Å². The fourth-order valence-corrected chi connectivity index (χ4v) is 1.44. The van der Waals surface area contributed by atoms with Gasteiger partial charge < -0.3 is 10.6 Å². The van der Waals surface area contributed by atoms with Gasteiger partial charge in [-0.2, -0.15) is 0 Å². The van der Waals surface area contributed by atoms with Gasteiger partial charge in [0, 0.05) is 12.2 Å². The Hall–Kier alpha value is -1.16. The number of nitrogens with zero attached hydrogens (tertiary/aromatic N) is 1. The van der Waals surface area contributed by atoms with Gasteiger partial charge in [-0.3, -0.25) is 4.98 Å². The third-order valence-corrected chi connectivity index (χ3v) is 2.42. The fourth-order valence-electron chi connectivity index (χ4n) is 1.17. The van der Waals surface area contributed by atoms with Gasteiger partial charge in [-0.15, -0.1) is 0 Å². The third kappa shape index (κ3) is 2.42. The first-order chi connectivity index (χ1) is 6.75. The molecule has 2 N–H and O–H groups in total. The van der Waals surface area contributed by atoms with E-state index in [2.05, 4.69) is 15.6 Å². The molecule has 1 saturated carbocycles. The second-order valence-corrected chi connectivity index (χ2v) is 3.97. The zero-order valence-electron chi connectivity index (χ0n) is 8.08. The standard InChI is InChI=1S/C10H13N3S/c1-7-4-5-11-6-9(7)13-10(14)12-8-2-3-8/h4-6,8H,2-3H2,1H3,(H2,12,13,14). The SMILES string of the molecule is Cc1ccncc1NC(=S)NC1CC1. The van der Waals surface area contributed by atoms with E-state index < -0.39 is 0 Å². The number of hydrogen-bond donors (Lipinski definition) is 2. The van der Waals surface area contributed by atoms with Gasteiger partial charge >= 0.3 is 0 Å². The number of aromatic nitrogens is 1. The normalized spacial score (nSPS) is 14.9. The van der Waals surface area contributed by atoms with Crippen molar-refractivity contribution in [1.29, 1.82) is 0 Å². The van der Waals surface area contributed by atoms with Crippen LogP contribution in [0.25, 0.3) is 0 Å². The maximum absolute atomic E-state index is 5.16. The van der Waals surface area contributed by atoms with Gasteiger partial charge in [-0.25, -0.2) is 0 Å². The van der Waals surface area contributed by atoms with Crippen molar-refractivity contribution < 1.29 is 0 Å². The lowest BCUT2D eigenvalue weighted by molar-refractivity contribution is 0.919. The Balaban J connectivity index is 1.95. The summed E-state index contributed by atoms with van der Waals surface area (Å²) in [5, 5.41) is 7.06. The third-order valence-electron chi connectivity index (χ3n) is 2.20. The Morgan fingerprint density at radius 1 is 1.57 bits per heavy atom. The highest BCUT2D eigenvalue weighted by Gasteiger charge is 2.21. The van der Waals surface area contributed by atoms with Crippen LogP contribution in [-0.4, -0.2) is 16.1 Å². The van der Waals surface area contributed by atoms with Gasteiger partial charge in [0.1, 0.15) is 0 Å². The lowest BCUT2D eigenvalue weighted by atomic mass is 10.2. The molecule has 0 aromatic carbocycles. The van der Waals surface area contributed by atoms with Gasteiger partial charge in [0.2, 0.25) is 0 Å². The summed E-state index contributed by atoms with van der Waals surface area (Å²) in [6.07, 6.45) is 6.02. The molecule has 0 atom stereocenters. The summed E-state index contributed by atoms with van der Waals surface area (Å²) in [6.45, 7) is 2.03. The molecule has 14 heavy (non-hydrogen) atoms. The molecule has 1 aliphatic rings. The molecule has 0 radical (unpaired) electrons. The van der Waals surface area contributed by atoms with Crippen molar-refractivity contribution in [3.63, 3.8) is 0 Å². The van der Waals surface area contributed by atoms with E-state index in [0.717, 1.165) is 11.3 Å². The largest absolute Gasteiger partial charge is 0.360 e.